The number of ether oxygens (including phenoxy) is 2. The Morgan fingerprint density at radius 2 is 2.73 bits per heavy atom. The summed E-state index contributed by atoms with van der Waals surface area (Å²) in [7, 11) is 0. The number of rotatable bonds is 1. The first-order valence-corrected chi connectivity index (χ1v) is 3.44. The van der Waals surface area contributed by atoms with E-state index in [-0.39, 0.29) is 6.02 Å². The van der Waals surface area contributed by atoms with E-state index < -0.39 is 6.09 Å². The van der Waals surface area contributed by atoms with Crippen molar-refractivity contribution < 1.29 is 14.3 Å². The van der Waals surface area contributed by atoms with Crippen LogP contribution < -0.4 is 5.32 Å². The number of carbonyl (C=O) groups excluding carboxylic acids is 1. The minimum Gasteiger partial charge on any atom is -0.463 e. The molecule has 1 aliphatic rings. The smallest absolute Gasteiger partial charge is 0.415 e. The third kappa shape index (κ3) is 2.45. The zero-order valence-corrected chi connectivity index (χ0v) is 6.29. The summed E-state index contributed by atoms with van der Waals surface area (Å²) in [4.78, 5) is 14.5. The molecule has 0 aromatic carbocycles. The molecule has 0 bridgehead atoms. The molecule has 1 rings (SSSR count). The summed E-state index contributed by atoms with van der Waals surface area (Å²) in [6, 6.07) is 0.253. The molecule has 0 saturated heterocycles. The quantitative estimate of drug-likeness (QED) is 0.589. The second-order valence-corrected chi connectivity index (χ2v) is 1.88. The van der Waals surface area contributed by atoms with Crippen molar-refractivity contribution in [2.75, 3.05) is 19.8 Å². The van der Waals surface area contributed by atoms with Crippen molar-refractivity contribution in [1.82, 2.24) is 5.32 Å². The highest BCUT2D eigenvalue weighted by molar-refractivity contribution is 5.90. The molecule has 0 aromatic rings. The van der Waals surface area contributed by atoms with E-state index in [1.807, 2.05) is 0 Å². The van der Waals surface area contributed by atoms with Gasteiger partial charge in [-0.15, -0.1) is 0 Å². The van der Waals surface area contributed by atoms with E-state index in [4.69, 9.17) is 4.74 Å². The molecule has 0 atom stereocenters. The molecule has 1 amide bonds. The molecule has 0 saturated carbocycles. The van der Waals surface area contributed by atoms with Crippen molar-refractivity contribution >= 4 is 12.1 Å². The number of carbonyl (C=O) groups is 1. The van der Waals surface area contributed by atoms with Gasteiger partial charge in [0.15, 0.2) is 0 Å². The van der Waals surface area contributed by atoms with Crippen molar-refractivity contribution in [3.63, 3.8) is 0 Å². The van der Waals surface area contributed by atoms with Crippen LogP contribution in [-0.4, -0.2) is 31.9 Å². The third-order valence-corrected chi connectivity index (χ3v) is 1.07. The van der Waals surface area contributed by atoms with E-state index in [1.54, 1.807) is 6.92 Å². The molecule has 0 aliphatic carbocycles. The van der Waals surface area contributed by atoms with Gasteiger partial charge in [0.1, 0.15) is 6.61 Å². The Bertz CT molecular complexity index is 179. The maximum absolute atomic E-state index is 10.7. The number of amides is 1. The second kappa shape index (κ2) is 3.80. The standard InChI is InChI=1S/C6H10N2O3/c1-2-10-6(9)8-5-7-3-4-11-5/h2-4H2,1H3,(H,7,8,9). The monoisotopic (exact) mass is 158 g/mol. The van der Waals surface area contributed by atoms with Gasteiger partial charge in [-0.2, -0.15) is 0 Å². The lowest BCUT2D eigenvalue weighted by molar-refractivity contribution is 0.155. The van der Waals surface area contributed by atoms with Crippen LogP contribution in [0.25, 0.3) is 0 Å². The van der Waals surface area contributed by atoms with Crippen LogP contribution in [0.1, 0.15) is 6.92 Å². The summed E-state index contributed by atoms with van der Waals surface area (Å²) in [6.45, 7) is 3.21. The lowest BCUT2D eigenvalue weighted by Crippen LogP contribution is -2.31. The van der Waals surface area contributed by atoms with E-state index >= 15 is 0 Å². The van der Waals surface area contributed by atoms with Gasteiger partial charge >= 0.3 is 6.09 Å². The third-order valence-electron chi connectivity index (χ3n) is 1.07. The molecule has 5 nitrogen and oxygen atoms in total. The van der Waals surface area contributed by atoms with Crippen LogP contribution in [-0.2, 0) is 9.47 Å². The van der Waals surface area contributed by atoms with Gasteiger partial charge in [0.05, 0.1) is 13.2 Å². The van der Waals surface area contributed by atoms with Crippen LogP contribution in [0.5, 0.6) is 0 Å². The van der Waals surface area contributed by atoms with Crippen LogP contribution in [0, 0.1) is 0 Å². The number of aliphatic imine (C=N–C) groups is 1. The number of nitrogens with zero attached hydrogens (tertiary/aromatic N) is 1. The van der Waals surface area contributed by atoms with Gasteiger partial charge in [0, 0.05) is 0 Å². The first kappa shape index (κ1) is 7.84. The molecule has 0 fully saturated rings. The molecule has 1 heterocycles. The average Bonchev–Trinajstić information content (AvgIpc) is 2.40. The number of alkyl carbamates (subject to hydrolysis) is 1. The Hall–Kier alpha value is -1.26. The highest BCUT2D eigenvalue weighted by Gasteiger charge is 2.10. The fraction of sp³-hybridized carbons (Fsp3) is 0.667. The van der Waals surface area contributed by atoms with Crippen LogP contribution in [0.3, 0.4) is 0 Å². The Morgan fingerprint density at radius 1 is 1.91 bits per heavy atom. The second-order valence-electron chi connectivity index (χ2n) is 1.88. The van der Waals surface area contributed by atoms with Crippen LogP contribution >= 0.6 is 0 Å². The maximum atomic E-state index is 10.7. The lowest BCUT2D eigenvalue weighted by atomic mass is 10.8. The number of hydrogen-bond acceptors (Lipinski definition) is 4. The van der Waals surface area contributed by atoms with Crippen molar-refractivity contribution in [3.8, 4) is 0 Å². The summed E-state index contributed by atoms with van der Waals surface area (Å²) >= 11 is 0. The summed E-state index contributed by atoms with van der Waals surface area (Å²) in [5.74, 6) is 0. The van der Waals surface area contributed by atoms with E-state index in [1.165, 1.54) is 0 Å². The highest BCUT2D eigenvalue weighted by Crippen LogP contribution is 1.90. The summed E-state index contributed by atoms with van der Waals surface area (Å²) in [6.07, 6.45) is -0.520. The summed E-state index contributed by atoms with van der Waals surface area (Å²) in [5, 5.41) is 2.35. The number of nitrogens with one attached hydrogen (secondary N) is 1. The van der Waals surface area contributed by atoms with Gasteiger partial charge in [-0.1, -0.05) is 0 Å². The van der Waals surface area contributed by atoms with E-state index in [9.17, 15) is 4.79 Å². The van der Waals surface area contributed by atoms with Crippen LogP contribution in [0.4, 0.5) is 4.79 Å². The molecule has 0 unspecified atom stereocenters. The SMILES string of the molecule is CCOC(=O)NC1=NCCO1. The minimum atomic E-state index is -0.520. The molecule has 5 heteroatoms. The molecule has 0 radical (unpaired) electrons. The van der Waals surface area contributed by atoms with Gasteiger partial charge in [-0.3, -0.25) is 0 Å². The topological polar surface area (TPSA) is 59.9 Å². The molecule has 1 N–H and O–H groups in total. The Balaban J connectivity index is 2.24. The summed E-state index contributed by atoms with van der Waals surface area (Å²) in [5.41, 5.74) is 0. The van der Waals surface area contributed by atoms with Crippen molar-refractivity contribution in [3.05, 3.63) is 0 Å². The largest absolute Gasteiger partial charge is 0.463 e. The van der Waals surface area contributed by atoms with Crippen LogP contribution in [0.2, 0.25) is 0 Å². The fourth-order valence-electron chi connectivity index (χ4n) is 0.665. The Labute approximate surface area is 64.4 Å². The Morgan fingerprint density at radius 3 is 3.27 bits per heavy atom. The van der Waals surface area contributed by atoms with Gasteiger partial charge < -0.3 is 9.47 Å². The molecule has 1 aliphatic heterocycles. The summed E-state index contributed by atoms with van der Waals surface area (Å²) < 4.78 is 9.50. The first-order chi connectivity index (χ1) is 5.33. The number of amidine groups is 1. The van der Waals surface area contributed by atoms with Crippen molar-refractivity contribution in [1.29, 1.82) is 0 Å². The van der Waals surface area contributed by atoms with Gasteiger partial charge in [-0.25, -0.2) is 15.1 Å². The molecule has 62 valence electrons. The van der Waals surface area contributed by atoms with Crippen molar-refractivity contribution in [2.24, 2.45) is 4.99 Å². The first-order valence-electron chi connectivity index (χ1n) is 3.44. The van der Waals surface area contributed by atoms with Gasteiger partial charge in [-0.05, 0) is 6.92 Å². The molecular weight excluding hydrogens is 148 g/mol. The highest BCUT2D eigenvalue weighted by atomic mass is 16.6. The normalized spacial score (nSPS) is 15.2. The predicted octanol–water partition coefficient (Wildman–Crippen LogP) is 0.119. The zero-order chi connectivity index (χ0) is 8.10. The van der Waals surface area contributed by atoms with Crippen LogP contribution in [0.15, 0.2) is 4.99 Å². The van der Waals surface area contributed by atoms with Gasteiger partial charge in [0.2, 0.25) is 0 Å². The lowest BCUT2D eigenvalue weighted by Gasteiger charge is -2.02. The average molecular weight is 158 g/mol. The van der Waals surface area contributed by atoms with E-state index in [0.29, 0.717) is 19.8 Å². The fourth-order valence-corrected chi connectivity index (χ4v) is 0.665. The maximum Gasteiger partial charge on any atom is 0.415 e. The zero-order valence-electron chi connectivity index (χ0n) is 6.29. The van der Waals surface area contributed by atoms with E-state index in [2.05, 4.69) is 15.0 Å². The Kier molecular flexibility index (Phi) is 2.71. The molecule has 0 aromatic heterocycles. The van der Waals surface area contributed by atoms with Crippen molar-refractivity contribution in [2.45, 2.75) is 6.92 Å². The van der Waals surface area contributed by atoms with Gasteiger partial charge in [0.25, 0.3) is 6.02 Å². The molecular formula is C6H10N2O3. The number of hydrogen-bond donors (Lipinski definition) is 1. The molecule has 0 spiro atoms. The predicted molar refractivity (Wildman–Crippen MR) is 38.4 cm³/mol. The minimum absolute atomic E-state index is 0.253. The van der Waals surface area contributed by atoms with E-state index in [0.717, 1.165) is 0 Å². The molecule has 11 heavy (non-hydrogen) atoms.